The number of aliphatic hydroxyl groups excluding tert-OH is 15. The molecule has 0 fully saturated rings. The molecule has 0 aliphatic carbocycles. The Labute approximate surface area is 203 Å². The van der Waals surface area contributed by atoms with Gasteiger partial charge in [-0.05, 0) is 0 Å². The molecule has 0 heterocycles. The first kappa shape index (κ1) is 38.9. The summed E-state index contributed by atoms with van der Waals surface area (Å²) in [6.45, 7) is -2.28. The van der Waals surface area contributed by atoms with Crippen LogP contribution in [0.1, 0.15) is 0 Å². The van der Waals surface area contributed by atoms with Gasteiger partial charge in [0, 0.05) is 0 Å². The van der Waals surface area contributed by atoms with E-state index >= 15 is 0 Å². The minimum Gasteiger partial charge on any atom is -0.394 e. The molecule has 0 aromatic rings. The molecule has 18 nitrogen and oxygen atoms in total. The van der Waals surface area contributed by atoms with E-state index < -0.39 is 93.1 Å². The first-order valence-electron chi connectivity index (χ1n) is 9.98. The van der Waals surface area contributed by atoms with Gasteiger partial charge in [-0.2, -0.15) is 0 Å². The van der Waals surface area contributed by atoms with Crippen molar-refractivity contribution in [2.45, 2.75) is 73.2 Å². The Kier molecular flexibility index (Phi) is 23.2. The number of aldehydes is 3. The van der Waals surface area contributed by atoms with Gasteiger partial charge >= 0.3 is 0 Å². The summed E-state index contributed by atoms with van der Waals surface area (Å²) in [5, 5.41) is 131. The Morgan fingerprint density at radius 3 is 0.639 bits per heavy atom. The minimum atomic E-state index is -1.79. The Hall–Kier alpha value is -1.59. The highest BCUT2D eigenvalue weighted by Crippen LogP contribution is 2.04. The first-order valence-corrected chi connectivity index (χ1v) is 9.98. The molecule has 0 radical (unpaired) electrons. The predicted molar refractivity (Wildman–Crippen MR) is 112 cm³/mol. The molecule has 0 aromatic carbocycles. The molecular weight excluding hydrogens is 504 g/mol. The number of carbonyl (C=O) groups excluding carboxylic acids is 3. The van der Waals surface area contributed by atoms with Crippen LogP contribution >= 0.6 is 0 Å². The zero-order valence-corrected chi connectivity index (χ0v) is 18.7. The molecule has 0 saturated heterocycles. The first-order chi connectivity index (χ1) is 16.6. The van der Waals surface area contributed by atoms with Crippen LogP contribution in [0.2, 0.25) is 0 Å². The zero-order valence-electron chi connectivity index (χ0n) is 18.7. The van der Waals surface area contributed by atoms with Crippen LogP contribution in [0.4, 0.5) is 0 Å². The molecule has 0 rings (SSSR count). The highest BCUT2D eigenvalue weighted by Gasteiger charge is 2.31. The van der Waals surface area contributed by atoms with Crippen molar-refractivity contribution >= 4 is 18.9 Å². The molecule has 12 atom stereocenters. The fourth-order valence-electron chi connectivity index (χ4n) is 1.85. The molecule has 0 aromatic heterocycles. The van der Waals surface area contributed by atoms with Crippen molar-refractivity contribution < 1.29 is 91.0 Å². The molecule has 0 amide bonds. The lowest BCUT2D eigenvalue weighted by Gasteiger charge is -2.22. The van der Waals surface area contributed by atoms with Gasteiger partial charge in [0.25, 0.3) is 0 Å². The predicted octanol–water partition coefficient (Wildman–Crippen LogP) is -10.1. The maximum absolute atomic E-state index is 9.90. The molecule has 0 bridgehead atoms. The van der Waals surface area contributed by atoms with Gasteiger partial charge in [-0.3, -0.25) is 0 Å². The van der Waals surface area contributed by atoms with Crippen molar-refractivity contribution in [2.75, 3.05) is 19.8 Å². The third kappa shape index (κ3) is 14.8. The summed E-state index contributed by atoms with van der Waals surface area (Å²) in [5.41, 5.74) is 0. The maximum Gasteiger partial charge on any atom is 0.151 e. The molecule has 0 spiro atoms. The van der Waals surface area contributed by atoms with E-state index in [0.717, 1.165) is 0 Å². The van der Waals surface area contributed by atoms with Crippen LogP contribution in [0.15, 0.2) is 0 Å². The average molecular weight is 540 g/mol. The fraction of sp³-hybridized carbons (Fsp3) is 0.833. The van der Waals surface area contributed by atoms with Gasteiger partial charge in [0.15, 0.2) is 18.9 Å². The lowest BCUT2D eigenvalue weighted by Crippen LogP contribution is -2.46. The third-order valence-corrected chi connectivity index (χ3v) is 4.26. The molecular formula is C18H36O18. The van der Waals surface area contributed by atoms with Gasteiger partial charge in [0.05, 0.1) is 19.8 Å². The van der Waals surface area contributed by atoms with Crippen LogP contribution < -0.4 is 0 Å². The van der Waals surface area contributed by atoms with Crippen molar-refractivity contribution in [1.29, 1.82) is 0 Å². The number of hydrogen-bond acceptors (Lipinski definition) is 18. The zero-order chi connectivity index (χ0) is 29.2. The Morgan fingerprint density at radius 1 is 0.361 bits per heavy atom. The SMILES string of the molecule is O=C[C@@H](O)[C@@H](O)[C@H](O)[C@H](O)CO.O=C[C@@H](O)[C@@H](O)[C@H](O)[C@H](O)CO.O=C[C@@H](O)[C@@H](O)[C@H](O)[C@H](O)CO. The quantitative estimate of drug-likeness (QED) is 0.0856. The summed E-state index contributed by atoms with van der Waals surface area (Å²) in [6, 6.07) is 0. The second-order valence-corrected chi connectivity index (χ2v) is 7.07. The summed E-state index contributed by atoms with van der Waals surface area (Å²) >= 11 is 0. The van der Waals surface area contributed by atoms with Crippen LogP contribution in [0.5, 0.6) is 0 Å². The number of rotatable bonds is 15. The third-order valence-electron chi connectivity index (χ3n) is 4.26. The number of hydrogen-bond donors (Lipinski definition) is 15. The van der Waals surface area contributed by atoms with Gasteiger partial charge in [0.1, 0.15) is 73.2 Å². The topological polar surface area (TPSA) is 355 Å². The monoisotopic (exact) mass is 540 g/mol. The van der Waals surface area contributed by atoms with Gasteiger partial charge < -0.3 is 91.0 Å². The van der Waals surface area contributed by atoms with Crippen LogP contribution in [0.25, 0.3) is 0 Å². The summed E-state index contributed by atoms with van der Waals surface area (Å²) in [5.74, 6) is 0. The Morgan fingerprint density at radius 2 is 0.528 bits per heavy atom. The Balaban J connectivity index is -0.000000454. The molecule has 216 valence electrons. The van der Waals surface area contributed by atoms with E-state index in [0.29, 0.717) is 0 Å². The largest absolute Gasteiger partial charge is 0.394 e. The molecule has 0 saturated carbocycles. The molecule has 0 aliphatic rings. The maximum atomic E-state index is 9.90. The van der Waals surface area contributed by atoms with Crippen LogP contribution in [-0.4, -0.2) is 189 Å². The van der Waals surface area contributed by atoms with E-state index in [1.54, 1.807) is 0 Å². The lowest BCUT2D eigenvalue weighted by atomic mass is 10.0. The standard InChI is InChI=1S/3C6H12O6/c3*7-1-3(9)5(11)6(12)4(10)2-8/h3*1,3-6,8-12H,2H2/t3*3-,4-,5-,6-/m111/s1. The summed E-state index contributed by atoms with van der Waals surface area (Å²) < 4.78 is 0. The van der Waals surface area contributed by atoms with E-state index in [-0.39, 0.29) is 18.9 Å². The highest BCUT2D eigenvalue weighted by atomic mass is 16.4. The molecule has 15 N–H and O–H groups in total. The smallest absolute Gasteiger partial charge is 0.151 e. The van der Waals surface area contributed by atoms with E-state index in [2.05, 4.69) is 0 Å². The second-order valence-electron chi connectivity index (χ2n) is 7.07. The van der Waals surface area contributed by atoms with Gasteiger partial charge in [-0.1, -0.05) is 0 Å². The van der Waals surface area contributed by atoms with Crippen molar-refractivity contribution in [1.82, 2.24) is 0 Å². The second kappa shape index (κ2) is 21.5. The van der Waals surface area contributed by atoms with E-state index in [9.17, 15) is 14.4 Å². The minimum absolute atomic E-state index is 0.0258. The fourth-order valence-corrected chi connectivity index (χ4v) is 1.85. The van der Waals surface area contributed by atoms with Crippen molar-refractivity contribution in [3.63, 3.8) is 0 Å². The number of carbonyl (C=O) groups is 3. The normalized spacial score (nSPS) is 21.1. The van der Waals surface area contributed by atoms with Crippen LogP contribution in [-0.2, 0) is 14.4 Å². The van der Waals surface area contributed by atoms with Crippen LogP contribution in [0.3, 0.4) is 0 Å². The lowest BCUT2D eigenvalue weighted by molar-refractivity contribution is -0.136. The summed E-state index contributed by atoms with van der Waals surface area (Å²) in [6.07, 6.45) is -20.5. The summed E-state index contributed by atoms with van der Waals surface area (Å²) in [4.78, 5) is 29.7. The van der Waals surface area contributed by atoms with E-state index in [1.165, 1.54) is 0 Å². The number of aliphatic hydroxyl groups is 15. The summed E-state index contributed by atoms with van der Waals surface area (Å²) in [7, 11) is 0. The van der Waals surface area contributed by atoms with Crippen molar-refractivity contribution in [3.8, 4) is 0 Å². The Bertz CT molecular complexity index is 490. The molecule has 0 aliphatic heterocycles. The average Bonchev–Trinajstić information content (AvgIpc) is 2.92. The molecule has 36 heavy (non-hydrogen) atoms. The van der Waals surface area contributed by atoms with Gasteiger partial charge in [0.2, 0.25) is 0 Å². The van der Waals surface area contributed by atoms with Crippen molar-refractivity contribution in [3.05, 3.63) is 0 Å². The van der Waals surface area contributed by atoms with E-state index in [4.69, 9.17) is 76.6 Å². The van der Waals surface area contributed by atoms with Gasteiger partial charge in [-0.15, -0.1) is 0 Å². The molecule has 18 heteroatoms. The van der Waals surface area contributed by atoms with E-state index in [1.807, 2.05) is 0 Å². The molecule has 0 unspecified atom stereocenters. The highest BCUT2D eigenvalue weighted by molar-refractivity contribution is 5.57. The van der Waals surface area contributed by atoms with Crippen molar-refractivity contribution in [2.24, 2.45) is 0 Å². The van der Waals surface area contributed by atoms with Crippen LogP contribution in [0, 0.1) is 0 Å². The van der Waals surface area contributed by atoms with Gasteiger partial charge in [-0.25, -0.2) is 0 Å².